The maximum absolute atomic E-state index is 5.38. The number of thioether (sulfide) groups is 1. The topological polar surface area (TPSA) is 105 Å². The van der Waals surface area contributed by atoms with Gasteiger partial charge in [-0.1, -0.05) is 0 Å². The maximum Gasteiger partial charge on any atom is 0.241 e. The second-order valence-corrected chi connectivity index (χ2v) is 6.61. The van der Waals surface area contributed by atoms with Crippen LogP contribution in [0.4, 0.5) is 11.8 Å². The first-order chi connectivity index (χ1) is 9.20. The van der Waals surface area contributed by atoms with Gasteiger partial charge in [-0.25, -0.2) is 5.84 Å². The molecule has 8 heteroatoms. The Hall–Kier alpha value is -1.54. The number of nitrogens with two attached hydrogens (primary N) is 1. The lowest BCUT2D eigenvalue weighted by Gasteiger charge is -2.23. The number of H-pyrrole nitrogens is 1. The van der Waals surface area contributed by atoms with Crippen LogP contribution in [0, 0.1) is 0 Å². The average Bonchev–Trinajstić information content (AvgIpc) is 3.04. The molecule has 1 unspecified atom stereocenters. The van der Waals surface area contributed by atoms with Crippen LogP contribution in [0.15, 0.2) is 6.20 Å². The lowest BCUT2D eigenvalue weighted by Crippen LogP contribution is -2.27. The molecule has 102 valence electrons. The molecule has 1 aliphatic rings. The van der Waals surface area contributed by atoms with Gasteiger partial charge in [-0.15, -0.1) is 0 Å². The minimum atomic E-state index is 0.275. The van der Waals surface area contributed by atoms with Gasteiger partial charge in [0, 0.05) is 11.3 Å². The number of nitrogens with one attached hydrogen (secondary N) is 3. The number of aromatic amines is 1. The molecule has 5 N–H and O–H groups in total. The number of nitrogen functional groups attached to an aromatic ring is 1. The summed E-state index contributed by atoms with van der Waals surface area (Å²) in [7, 11) is 0. The number of aromatic nitrogens is 4. The van der Waals surface area contributed by atoms with Crippen LogP contribution < -0.4 is 16.6 Å². The number of anilines is 2. The van der Waals surface area contributed by atoms with E-state index >= 15 is 0 Å². The minimum Gasteiger partial charge on any atom is -0.368 e. The van der Waals surface area contributed by atoms with Gasteiger partial charge in [-0.05, 0) is 25.5 Å². The molecule has 0 aromatic carbocycles. The van der Waals surface area contributed by atoms with Crippen LogP contribution in [0.3, 0.4) is 0 Å². The summed E-state index contributed by atoms with van der Waals surface area (Å²) in [5.41, 5.74) is 3.15. The molecule has 3 rings (SSSR count). The van der Waals surface area contributed by atoms with E-state index in [1.807, 2.05) is 11.8 Å². The molecule has 7 nitrogen and oxygen atoms in total. The number of hydrogen-bond donors (Lipinski definition) is 4. The van der Waals surface area contributed by atoms with Crippen molar-refractivity contribution >= 4 is 34.6 Å². The second kappa shape index (κ2) is 4.86. The second-order valence-electron chi connectivity index (χ2n) is 4.93. The molecule has 3 heterocycles. The molecular formula is C11H17N7S. The third kappa shape index (κ3) is 2.45. The summed E-state index contributed by atoms with van der Waals surface area (Å²) in [5, 5.41) is 11.1. The fourth-order valence-corrected chi connectivity index (χ4v) is 3.53. The first kappa shape index (κ1) is 12.5. The zero-order chi connectivity index (χ0) is 13.3. The van der Waals surface area contributed by atoms with Crippen molar-refractivity contribution in [2.45, 2.75) is 24.5 Å². The minimum absolute atomic E-state index is 0.275. The first-order valence-electron chi connectivity index (χ1n) is 6.26. The molecule has 1 aliphatic heterocycles. The molecule has 19 heavy (non-hydrogen) atoms. The Balaban J connectivity index is 1.85. The van der Waals surface area contributed by atoms with Crippen LogP contribution >= 0.6 is 11.8 Å². The zero-order valence-corrected chi connectivity index (χ0v) is 11.5. The van der Waals surface area contributed by atoms with Gasteiger partial charge in [0.15, 0.2) is 5.65 Å². The Kier molecular flexibility index (Phi) is 3.19. The third-order valence-corrected chi connectivity index (χ3v) is 4.91. The van der Waals surface area contributed by atoms with Crippen LogP contribution in [-0.4, -0.2) is 37.2 Å². The van der Waals surface area contributed by atoms with Gasteiger partial charge in [-0.2, -0.15) is 26.8 Å². The highest BCUT2D eigenvalue weighted by molar-refractivity contribution is 8.00. The molecular weight excluding hydrogens is 262 g/mol. The summed E-state index contributed by atoms with van der Waals surface area (Å²) in [6, 6.07) is 0. The van der Waals surface area contributed by atoms with E-state index in [2.05, 4.69) is 37.8 Å². The van der Waals surface area contributed by atoms with Crippen LogP contribution in [-0.2, 0) is 0 Å². The number of hydrazine groups is 1. The van der Waals surface area contributed by atoms with E-state index in [1.54, 1.807) is 6.20 Å². The Morgan fingerprint density at radius 1 is 1.53 bits per heavy atom. The molecule has 0 aliphatic carbocycles. The molecule has 0 spiro atoms. The molecule has 0 radical (unpaired) electrons. The molecule has 0 bridgehead atoms. The molecule has 1 saturated heterocycles. The Morgan fingerprint density at radius 3 is 3.16 bits per heavy atom. The van der Waals surface area contributed by atoms with E-state index in [9.17, 15) is 0 Å². The largest absolute Gasteiger partial charge is 0.368 e. The Labute approximate surface area is 115 Å². The molecule has 2 aromatic heterocycles. The van der Waals surface area contributed by atoms with Crippen molar-refractivity contribution in [1.29, 1.82) is 0 Å². The van der Waals surface area contributed by atoms with Crippen molar-refractivity contribution in [1.82, 2.24) is 20.2 Å². The van der Waals surface area contributed by atoms with Gasteiger partial charge in [0.1, 0.15) is 5.82 Å². The van der Waals surface area contributed by atoms with Crippen molar-refractivity contribution in [3.8, 4) is 0 Å². The summed E-state index contributed by atoms with van der Waals surface area (Å²) in [6.45, 7) is 3.16. The normalized spacial score (nSPS) is 22.8. The summed E-state index contributed by atoms with van der Waals surface area (Å²) in [6.07, 6.45) is 4.23. The summed E-state index contributed by atoms with van der Waals surface area (Å²) < 4.78 is 0.275. The predicted octanol–water partition coefficient (Wildman–Crippen LogP) is 1.34. The highest BCUT2D eigenvalue weighted by atomic mass is 32.2. The van der Waals surface area contributed by atoms with Crippen molar-refractivity contribution in [2.75, 3.05) is 23.0 Å². The Bertz CT molecular complexity index is 575. The SMILES string of the molecule is CC1(CNc2nc(NN)nc3[nH]ncc23)CCCS1. The molecule has 2 aromatic rings. The lowest BCUT2D eigenvalue weighted by molar-refractivity contribution is 0.634. The first-order valence-corrected chi connectivity index (χ1v) is 7.24. The highest BCUT2D eigenvalue weighted by Crippen LogP contribution is 2.37. The fraction of sp³-hybridized carbons (Fsp3) is 0.545. The summed E-state index contributed by atoms with van der Waals surface area (Å²) in [5.74, 6) is 7.76. The molecule has 0 saturated carbocycles. The van der Waals surface area contributed by atoms with Crippen molar-refractivity contribution in [3.05, 3.63) is 6.20 Å². The van der Waals surface area contributed by atoms with Gasteiger partial charge in [0.2, 0.25) is 5.95 Å². The molecule has 0 amide bonds. The lowest BCUT2D eigenvalue weighted by atomic mass is 10.1. The quantitative estimate of drug-likeness (QED) is 0.494. The standard InChI is InChI=1S/C11H17N7S/c1-11(3-2-4-19-11)6-13-8-7-5-14-18-9(7)16-10(15-8)17-12/h5H,2-4,6,12H2,1H3,(H3,13,14,15,16,17,18). The van der Waals surface area contributed by atoms with Crippen LogP contribution in [0.25, 0.3) is 11.0 Å². The van der Waals surface area contributed by atoms with E-state index in [0.717, 1.165) is 17.7 Å². The van der Waals surface area contributed by atoms with Crippen LogP contribution in [0.5, 0.6) is 0 Å². The summed E-state index contributed by atoms with van der Waals surface area (Å²) in [4.78, 5) is 8.56. The van der Waals surface area contributed by atoms with Crippen LogP contribution in [0.1, 0.15) is 19.8 Å². The smallest absolute Gasteiger partial charge is 0.241 e. The van der Waals surface area contributed by atoms with Gasteiger partial charge >= 0.3 is 0 Å². The van der Waals surface area contributed by atoms with Gasteiger partial charge in [-0.3, -0.25) is 10.5 Å². The van der Waals surface area contributed by atoms with Crippen molar-refractivity contribution in [3.63, 3.8) is 0 Å². The highest BCUT2D eigenvalue weighted by Gasteiger charge is 2.29. The van der Waals surface area contributed by atoms with E-state index in [4.69, 9.17) is 5.84 Å². The number of rotatable bonds is 4. The number of fused-ring (bicyclic) bond motifs is 1. The van der Waals surface area contributed by atoms with Gasteiger partial charge in [0.05, 0.1) is 11.6 Å². The van der Waals surface area contributed by atoms with E-state index < -0.39 is 0 Å². The van der Waals surface area contributed by atoms with Crippen molar-refractivity contribution in [2.24, 2.45) is 5.84 Å². The molecule has 1 atom stereocenters. The summed E-state index contributed by atoms with van der Waals surface area (Å²) >= 11 is 2.01. The number of hydrogen-bond acceptors (Lipinski definition) is 7. The van der Waals surface area contributed by atoms with Gasteiger partial charge < -0.3 is 5.32 Å². The third-order valence-electron chi connectivity index (χ3n) is 3.37. The van der Waals surface area contributed by atoms with Crippen LogP contribution in [0.2, 0.25) is 0 Å². The predicted molar refractivity (Wildman–Crippen MR) is 78.1 cm³/mol. The maximum atomic E-state index is 5.38. The number of nitrogens with zero attached hydrogens (tertiary/aromatic N) is 3. The van der Waals surface area contributed by atoms with E-state index in [0.29, 0.717) is 11.6 Å². The zero-order valence-electron chi connectivity index (χ0n) is 10.7. The fourth-order valence-electron chi connectivity index (χ4n) is 2.28. The van der Waals surface area contributed by atoms with E-state index in [-0.39, 0.29) is 4.75 Å². The van der Waals surface area contributed by atoms with Gasteiger partial charge in [0.25, 0.3) is 0 Å². The van der Waals surface area contributed by atoms with E-state index in [1.165, 1.54) is 18.6 Å². The average molecular weight is 279 g/mol. The van der Waals surface area contributed by atoms with Crippen molar-refractivity contribution < 1.29 is 0 Å². The molecule has 1 fully saturated rings. The monoisotopic (exact) mass is 279 g/mol. The Morgan fingerprint density at radius 2 is 2.42 bits per heavy atom.